The predicted molar refractivity (Wildman–Crippen MR) is 43.5 cm³/mol. The lowest BCUT2D eigenvalue weighted by atomic mass is 9.93. The molecule has 2 rings (SSSR count). The van der Waals surface area contributed by atoms with Crippen LogP contribution in [0.5, 0.6) is 0 Å². The molecule has 2 N–H and O–H groups in total. The zero-order valence-corrected chi connectivity index (χ0v) is 7.01. The molecule has 0 unspecified atom stereocenters. The average molecular weight is 170 g/mol. The SMILES string of the molecule is O=C(NC1CCC1)[C@@H]1COCN1. The van der Waals surface area contributed by atoms with E-state index in [9.17, 15) is 4.79 Å². The molecule has 4 heteroatoms. The summed E-state index contributed by atoms with van der Waals surface area (Å²) >= 11 is 0. The van der Waals surface area contributed by atoms with E-state index in [4.69, 9.17) is 4.74 Å². The van der Waals surface area contributed by atoms with Gasteiger partial charge in [-0.3, -0.25) is 10.1 Å². The molecule has 0 spiro atoms. The van der Waals surface area contributed by atoms with Crippen LogP contribution in [-0.2, 0) is 9.53 Å². The maximum absolute atomic E-state index is 11.4. The third-order valence-corrected chi connectivity index (χ3v) is 2.48. The van der Waals surface area contributed by atoms with Crippen LogP contribution in [0.15, 0.2) is 0 Å². The van der Waals surface area contributed by atoms with Crippen molar-refractivity contribution in [3.63, 3.8) is 0 Å². The van der Waals surface area contributed by atoms with Gasteiger partial charge in [0.15, 0.2) is 0 Å². The third-order valence-electron chi connectivity index (χ3n) is 2.48. The van der Waals surface area contributed by atoms with Crippen LogP contribution in [-0.4, -0.2) is 31.3 Å². The Bertz CT molecular complexity index is 174. The molecule has 0 radical (unpaired) electrons. The molecule has 2 aliphatic rings. The molecular weight excluding hydrogens is 156 g/mol. The zero-order valence-electron chi connectivity index (χ0n) is 7.01. The molecular formula is C8H14N2O2. The summed E-state index contributed by atoms with van der Waals surface area (Å²) in [5, 5.41) is 5.95. The lowest BCUT2D eigenvalue weighted by molar-refractivity contribution is -0.124. The minimum atomic E-state index is -0.120. The Morgan fingerprint density at radius 1 is 1.50 bits per heavy atom. The lowest BCUT2D eigenvalue weighted by Gasteiger charge is -2.27. The first-order valence-corrected chi connectivity index (χ1v) is 4.48. The van der Waals surface area contributed by atoms with Gasteiger partial charge in [-0.05, 0) is 19.3 Å². The van der Waals surface area contributed by atoms with Gasteiger partial charge in [0, 0.05) is 6.04 Å². The molecule has 1 saturated carbocycles. The molecule has 68 valence electrons. The van der Waals surface area contributed by atoms with Crippen molar-refractivity contribution in [3.8, 4) is 0 Å². The molecule has 0 aromatic carbocycles. The molecule has 1 atom stereocenters. The van der Waals surface area contributed by atoms with E-state index < -0.39 is 0 Å². The van der Waals surface area contributed by atoms with E-state index in [1.807, 2.05) is 0 Å². The van der Waals surface area contributed by atoms with Gasteiger partial charge >= 0.3 is 0 Å². The van der Waals surface area contributed by atoms with Gasteiger partial charge in [-0.1, -0.05) is 0 Å². The van der Waals surface area contributed by atoms with Crippen LogP contribution in [0.4, 0.5) is 0 Å². The molecule has 2 fully saturated rings. The van der Waals surface area contributed by atoms with Crippen LogP contribution in [0.2, 0.25) is 0 Å². The van der Waals surface area contributed by atoms with E-state index in [0.29, 0.717) is 19.4 Å². The second-order valence-corrected chi connectivity index (χ2v) is 3.41. The van der Waals surface area contributed by atoms with Gasteiger partial charge in [-0.15, -0.1) is 0 Å². The van der Waals surface area contributed by atoms with Crippen molar-refractivity contribution in [2.45, 2.75) is 31.3 Å². The van der Waals surface area contributed by atoms with Gasteiger partial charge in [0.2, 0.25) is 5.91 Å². The second kappa shape index (κ2) is 3.41. The highest BCUT2D eigenvalue weighted by atomic mass is 16.5. The lowest BCUT2D eigenvalue weighted by Crippen LogP contribution is -2.48. The average Bonchev–Trinajstić information content (AvgIpc) is 2.47. The number of carbonyl (C=O) groups is 1. The van der Waals surface area contributed by atoms with Crippen molar-refractivity contribution in [2.24, 2.45) is 0 Å². The van der Waals surface area contributed by atoms with E-state index >= 15 is 0 Å². The van der Waals surface area contributed by atoms with Crippen molar-refractivity contribution in [1.29, 1.82) is 0 Å². The molecule has 1 aliphatic heterocycles. The van der Waals surface area contributed by atoms with Crippen LogP contribution >= 0.6 is 0 Å². The molecule has 12 heavy (non-hydrogen) atoms. The van der Waals surface area contributed by atoms with Gasteiger partial charge in [0.25, 0.3) is 0 Å². The maximum Gasteiger partial charge on any atom is 0.239 e. The predicted octanol–water partition coefficient (Wildman–Crippen LogP) is -0.399. The van der Waals surface area contributed by atoms with Gasteiger partial charge in [-0.25, -0.2) is 0 Å². The molecule has 1 saturated heterocycles. The third kappa shape index (κ3) is 1.59. The topological polar surface area (TPSA) is 50.4 Å². The highest BCUT2D eigenvalue weighted by Crippen LogP contribution is 2.18. The Hall–Kier alpha value is -0.610. The van der Waals surface area contributed by atoms with Crippen molar-refractivity contribution < 1.29 is 9.53 Å². The summed E-state index contributed by atoms with van der Waals surface area (Å²) in [7, 11) is 0. The van der Waals surface area contributed by atoms with Crippen LogP contribution in [0.25, 0.3) is 0 Å². The number of carbonyl (C=O) groups excluding carboxylic acids is 1. The Morgan fingerprint density at radius 3 is 2.83 bits per heavy atom. The van der Waals surface area contributed by atoms with Gasteiger partial charge in [0.05, 0.1) is 13.3 Å². The standard InChI is InChI=1S/C8H14N2O2/c11-8(7-4-12-5-9-7)10-6-2-1-3-6/h6-7,9H,1-5H2,(H,10,11)/t7-/m0/s1. The number of nitrogens with one attached hydrogen (secondary N) is 2. The Balaban J connectivity index is 1.74. The molecule has 1 aliphatic carbocycles. The van der Waals surface area contributed by atoms with Crippen LogP contribution < -0.4 is 10.6 Å². The number of hydrogen-bond acceptors (Lipinski definition) is 3. The molecule has 1 heterocycles. The van der Waals surface area contributed by atoms with Crippen LogP contribution in [0.1, 0.15) is 19.3 Å². The first kappa shape index (κ1) is 8.01. The molecule has 0 aromatic rings. The van der Waals surface area contributed by atoms with E-state index in [0.717, 1.165) is 12.8 Å². The van der Waals surface area contributed by atoms with E-state index in [2.05, 4.69) is 10.6 Å². The first-order chi connectivity index (χ1) is 5.86. The molecule has 0 bridgehead atoms. The Labute approximate surface area is 71.7 Å². The van der Waals surface area contributed by atoms with Crippen molar-refractivity contribution >= 4 is 5.91 Å². The fourth-order valence-corrected chi connectivity index (χ4v) is 1.42. The number of rotatable bonds is 2. The minimum absolute atomic E-state index is 0.0946. The highest BCUT2D eigenvalue weighted by Gasteiger charge is 2.26. The van der Waals surface area contributed by atoms with E-state index in [1.54, 1.807) is 0 Å². The molecule has 0 aromatic heterocycles. The monoisotopic (exact) mass is 170 g/mol. The van der Waals surface area contributed by atoms with Crippen LogP contribution in [0, 0.1) is 0 Å². The summed E-state index contributed by atoms with van der Waals surface area (Å²) in [6.45, 7) is 1.02. The number of hydrogen-bond donors (Lipinski definition) is 2. The van der Waals surface area contributed by atoms with E-state index in [1.165, 1.54) is 6.42 Å². The summed E-state index contributed by atoms with van der Waals surface area (Å²) in [4.78, 5) is 11.4. The maximum atomic E-state index is 11.4. The molecule has 4 nitrogen and oxygen atoms in total. The number of ether oxygens (including phenoxy) is 1. The minimum Gasteiger partial charge on any atom is -0.364 e. The summed E-state index contributed by atoms with van der Waals surface area (Å²) in [6, 6.07) is 0.311. The van der Waals surface area contributed by atoms with Crippen molar-refractivity contribution in [3.05, 3.63) is 0 Å². The fraction of sp³-hybridized carbons (Fsp3) is 0.875. The van der Waals surface area contributed by atoms with Gasteiger partial charge in [0.1, 0.15) is 6.04 Å². The zero-order chi connectivity index (χ0) is 8.39. The summed E-state index contributed by atoms with van der Waals surface area (Å²) in [5.74, 6) is 0.0946. The fourth-order valence-electron chi connectivity index (χ4n) is 1.42. The summed E-state index contributed by atoms with van der Waals surface area (Å²) in [5.41, 5.74) is 0. The second-order valence-electron chi connectivity index (χ2n) is 3.41. The normalized spacial score (nSPS) is 29.8. The van der Waals surface area contributed by atoms with E-state index in [-0.39, 0.29) is 11.9 Å². The van der Waals surface area contributed by atoms with Gasteiger partial charge < -0.3 is 10.1 Å². The highest BCUT2D eigenvalue weighted by molar-refractivity contribution is 5.82. The smallest absolute Gasteiger partial charge is 0.239 e. The van der Waals surface area contributed by atoms with Gasteiger partial charge in [-0.2, -0.15) is 0 Å². The molecule has 1 amide bonds. The Morgan fingerprint density at radius 2 is 2.33 bits per heavy atom. The van der Waals surface area contributed by atoms with Crippen LogP contribution in [0.3, 0.4) is 0 Å². The largest absolute Gasteiger partial charge is 0.364 e. The first-order valence-electron chi connectivity index (χ1n) is 4.48. The van der Waals surface area contributed by atoms with Crippen molar-refractivity contribution in [1.82, 2.24) is 10.6 Å². The van der Waals surface area contributed by atoms with Crippen molar-refractivity contribution in [2.75, 3.05) is 13.3 Å². The quantitative estimate of drug-likeness (QED) is 0.593. The summed E-state index contributed by atoms with van der Waals surface area (Å²) in [6.07, 6.45) is 3.53. The Kier molecular flexibility index (Phi) is 2.28. The number of amides is 1. The summed E-state index contributed by atoms with van der Waals surface area (Å²) < 4.78 is 5.04.